The molecule has 7 nitrogen and oxygen atoms in total. The lowest BCUT2D eigenvalue weighted by Crippen LogP contribution is -2.25. The van der Waals surface area contributed by atoms with E-state index >= 15 is 0 Å². The smallest absolute Gasteiger partial charge is 0.255 e. The molecular formula is C25H27N5O2. The maximum Gasteiger partial charge on any atom is 0.255 e. The van der Waals surface area contributed by atoms with Crippen LogP contribution in [0.3, 0.4) is 0 Å². The molecule has 4 rings (SSSR count). The Kier molecular flexibility index (Phi) is 6.35. The van der Waals surface area contributed by atoms with Crippen LogP contribution in [-0.4, -0.2) is 39.5 Å². The largest absolute Gasteiger partial charge is 0.497 e. The molecule has 0 fully saturated rings. The van der Waals surface area contributed by atoms with Crippen molar-refractivity contribution in [3.8, 4) is 22.7 Å². The van der Waals surface area contributed by atoms with Gasteiger partial charge < -0.3 is 10.1 Å². The minimum absolute atomic E-state index is 0.148. The van der Waals surface area contributed by atoms with E-state index in [-0.39, 0.29) is 5.91 Å². The summed E-state index contributed by atoms with van der Waals surface area (Å²) < 4.78 is 7.11. The second-order valence-corrected chi connectivity index (χ2v) is 7.78. The van der Waals surface area contributed by atoms with Gasteiger partial charge in [0, 0.05) is 24.0 Å². The maximum atomic E-state index is 13.1. The minimum atomic E-state index is -0.148. The number of aromatic amines is 1. The van der Waals surface area contributed by atoms with E-state index in [4.69, 9.17) is 9.84 Å². The monoisotopic (exact) mass is 429 g/mol. The summed E-state index contributed by atoms with van der Waals surface area (Å²) in [6.07, 6.45) is 5.30. The average Bonchev–Trinajstić information content (AvgIpc) is 3.44. The van der Waals surface area contributed by atoms with Crippen molar-refractivity contribution in [2.45, 2.75) is 26.7 Å². The summed E-state index contributed by atoms with van der Waals surface area (Å²) in [5.74, 6) is 0.569. The van der Waals surface area contributed by atoms with Gasteiger partial charge in [-0.15, -0.1) is 0 Å². The van der Waals surface area contributed by atoms with E-state index in [9.17, 15) is 4.79 Å². The molecule has 2 heterocycles. The highest BCUT2D eigenvalue weighted by Crippen LogP contribution is 2.27. The van der Waals surface area contributed by atoms with Crippen molar-refractivity contribution in [1.82, 2.24) is 25.3 Å². The molecule has 164 valence electrons. The summed E-state index contributed by atoms with van der Waals surface area (Å²) in [4.78, 5) is 13.1. The quantitative estimate of drug-likeness (QED) is 0.410. The standard InChI is InChI=1S/C25H27N5O2/c1-17-9-11-21(12-10-17)30-16-23(24(29-30)19-6-4-8-22(14-19)32-3)25(31)26-13-5-7-20-15-27-28-18(20)2/h4,6,8-12,14-16H,5,7,13H2,1-3H3,(H,26,31)(H,27,28). The fourth-order valence-electron chi connectivity index (χ4n) is 3.56. The Morgan fingerprint density at radius 2 is 1.97 bits per heavy atom. The molecule has 0 aliphatic carbocycles. The molecular weight excluding hydrogens is 402 g/mol. The summed E-state index contributed by atoms with van der Waals surface area (Å²) >= 11 is 0. The van der Waals surface area contributed by atoms with Crippen LogP contribution in [0.5, 0.6) is 5.75 Å². The highest BCUT2D eigenvalue weighted by atomic mass is 16.5. The van der Waals surface area contributed by atoms with Gasteiger partial charge in [-0.25, -0.2) is 4.68 Å². The molecule has 0 bridgehead atoms. The second-order valence-electron chi connectivity index (χ2n) is 7.78. The fraction of sp³-hybridized carbons (Fsp3) is 0.240. The number of benzene rings is 2. The summed E-state index contributed by atoms with van der Waals surface area (Å²) in [7, 11) is 1.62. The van der Waals surface area contributed by atoms with Crippen LogP contribution < -0.4 is 10.1 Å². The number of aryl methyl sites for hydroxylation is 3. The number of H-pyrrole nitrogens is 1. The first-order chi connectivity index (χ1) is 15.5. The van der Waals surface area contributed by atoms with Gasteiger partial charge in [-0.2, -0.15) is 10.2 Å². The van der Waals surface area contributed by atoms with E-state index in [0.29, 0.717) is 23.6 Å². The van der Waals surface area contributed by atoms with Crippen LogP contribution in [0.4, 0.5) is 0 Å². The zero-order chi connectivity index (χ0) is 22.5. The van der Waals surface area contributed by atoms with Crippen molar-refractivity contribution in [2.24, 2.45) is 0 Å². The molecule has 0 saturated heterocycles. The number of aromatic nitrogens is 4. The van der Waals surface area contributed by atoms with Crippen LogP contribution in [0.1, 0.15) is 33.6 Å². The molecule has 2 N–H and O–H groups in total. The van der Waals surface area contributed by atoms with Gasteiger partial charge in [0.25, 0.3) is 5.91 Å². The third-order valence-electron chi connectivity index (χ3n) is 5.44. The van der Waals surface area contributed by atoms with Crippen molar-refractivity contribution < 1.29 is 9.53 Å². The van der Waals surface area contributed by atoms with Gasteiger partial charge in [-0.3, -0.25) is 9.89 Å². The topological polar surface area (TPSA) is 84.8 Å². The summed E-state index contributed by atoms with van der Waals surface area (Å²) in [5, 5.41) is 14.8. The van der Waals surface area contributed by atoms with Crippen molar-refractivity contribution in [1.29, 1.82) is 0 Å². The van der Waals surface area contributed by atoms with Crippen LogP contribution in [0.15, 0.2) is 60.9 Å². The average molecular weight is 430 g/mol. The van der Waals surface area contributed by atoms with Crippen molar-refractivity contribution >= 4 is 5.91 Å². The minimum Gasteiger partial charge on any atom is -0.497 e. The molecule has 0 atom stereocenters. The molecule has 7 heteroatoms. The number of carbonyl (C=O) groups is 1. The number of nitrogens with zero attached hydrogens (tertiary/aromatic N) is 3. The van der Waals surface area contributed by atoms with Crippen molar-refractivity contribution in [3.63, 3.8) is 0 Å². The maximum absolute atomic E-state index is 13.1. The van der Waals surface area contributed by atoms with Crippen molar-refractivity contribution in [3.05, 3.63) is 83.3 Å². The third-order valence-corrected chi connectivity index (χ3v) is 5.44. The number of methoxy groups -OCH3 is 1. The van der Waals surface area contributed by atoms with E-state index in [2.05, 4.69) is 15.5 Å². The third kappa shape index (κ3) is 4.72. The van der Waals surface area contributed by atoms with Crippen LogP contribution in [0.25, 0.3) is 16.9 Å². The van der Waals surface area contributed by atoms with Gasteiger partial charge in [-0.05, 0) is 56.5 Å². The molecule has 0 unspecified atom stereocenters. The van der Waals surface area contributed by atoms with Gasteiger partial charge in [0.2, 0.25) is 0 Å². The highest BCUT2D eigenvalue weighted by molar-refractivity contribution is 6.00. The predicted octanol–water partition coefficient (Wildman–Crippen LogP) is 4.25. The molecule has 0 aliphatic heterocycles. The van der Waals surface area contributed by atoms with E-state index in [0.717, 1.165) is 29.8 Å². The molecule has 2 aromatic heterocycles. The lowest BCUT2D eigenvalue weighted by atomic mass is 10.1. The lowest BCUT2D eigenvalue weighted by Gasteiger charge is -2.06. The molecule has 0 radical (unpaired) electrons. The summed E-state index contributed by atoms with van der Waals surface area (Å²) in [6.45, 7) is 4.61. The zero-order valence-corrected chi connectivity index (χ0v) is 18.6. The SMILES string of the molecule is COc1cccc(-c2nn(-c3ccc(C)cc3)cc2C(=O)NCCCc2cn[nH]c2C)c1. The predicted molar refractivity (Wildman–Crippen MR) is 124 cm³/mol. The van der Waals surface area contributed by atoms with Crippen LogP contribution in [0, 0.1) is 13.8 Å². The second kappa shape index (κ2) is 9.51. The van der Waals surface area contributed by atoms with E-state index in [1.165, 1.54) is 11.1 Å². The Balaban J connectivity index is 1.57. The summed E-state index contributed by atoms with van der Waals surface area (Å²) in [6, 6.07) is 15.6. The van der Waals surface area contributed by atoms with Gasteiger partial charge >= 0.3 is 0 Å². The number of carbonyl (C=O) groups excluding carboxylic acids is 1. The Bertz CT molecular complexity index is 1210. The Morgan fingerprint density at radius 1 is 1.16 bits per heavy atom. The van der Waals surface area contributed by atoms with Crippen LogP contribution >= 0.6 is 0 Å². The molecule has 0 saturated carbocycles. The normalized spacial score (nSPS) is 10.8. The van der Waals surface area contributed by atoms with E-state index in [1.807, 2.05) is 68.6 Å². The highest BCUT2D eigenvalue weighted by Gasteiger charge is 2.19. The number of ether oxygens (including phenoxy) is 1. The van der Waals surface area contributed by atoms with Crippen LogP contribution in [-0.2, 0) is 6.42 Å². The summed E-state index contributed by atoms with van der Waals surface area (Å²) in [5.41, 5.74) is 6.27. The lowest BCUT2D eigenvalue weighted by molar-refractivity contribution is 0.0954. The molecule has 2 aromatic carbocycles. The number of hydrogen-bond donors (Lipinski definition) is 2. The van der Waals surface area contributed by atoms with Gasteiger partial charge in [0.05, 0.1) is 24.6 Å². The first kappa shape index (κ1) is 21.4. The molecule has 4 aromatic rings. The first-order valence-corrected chi connectivity index (χ1v) is 10.6. The Hall–Kier alpha value is -3.87. The molecule has 0 spiro atoms. The Labute approximate surface area is 187 Å². The molecule has 32 heavy (non-hydrogen) atoms. The number of hydrogen-bond acceptors (Lipinski definition) is 4. The van der Waals surface area contributed by atoms with E-state index in [1.54, 1.807) is 18.0 Å². The van der Waals surface area contributed by atoms with E-state index < -0.39 is 0 Å². The van der Waals surface area contributed by atoms with Crippen LogP contribution in [0.2, 0.25) is 0 Å². The first-order valence-electron chi connectivity index (χ1n) is 10.6. The Morgan fingerprint density at radius 3 is 2.69 bits per heavy atom. The molecule has 1 amide bonds. The number of rotatable bonds is 8. The number of amides is 1. The van der Waals surface area contributed by atoms with Gasteiger partial charge in [-0.1, -0.05) is 29.8 Å². The fourth-order valence-corrected chi connectivity index (χ4v) is 3.56. The van der Waals surface area contributed by atoms with Crippen molar-refractivity contribution in [2.75, 3.05) is 13.7 Å². The zero-order valence-electron chi connectivity index (χ0n) is 18.6. The van der Waals surface area contributed by atoms with Gasteiger partial charge in [0.1, 0.15) is 11.4 Å². The van der Waals surface area contributed by atoms with Gasteiger partial charge in [0.15, 0.2) is 0 Å². The molecule has 0 aliphatic rings. The number of nitrogens with one attached hydrogen (secondary N) is 2.